The molecule has 2 unspecified atom stereocenters. The van der Waals surface area contributed by atoms with Gasteiger partial charge in [0.1, 0.15) is 0 Å². The highest BCUT2D eigenvalue weighted by molar-refractivity contribution is 5.00. The highest BCUT2D eigenvalue weighted by Crippen LogP contribution is 2.39. The molecule has 0 bridgehead atoms. The zero-order valence-electron chi connectivity index (χ0n) is 7.48. The van der Waals surface area contributed by atoms with Gasteiger partial charge in [0.05, 0.1) is 6.10 Å². The summed E-state index contributed by atoms with van der Waals surface area (Å²) in [5.74, 6) is 0.484. The van der Waals surface area contributed by atoms with Gasteiger partial charge in [0.25, 0.3) is 0 Å². The lowest BCUT2D eigenvalue weighted by molar-refractivity contribution is 0.117. The topological polar surface area (TPSA) is 43.7 Å². The molecule has 2 fully saturated rings. The molecule has 0 aromatic heterocycles. The third kappa shape index (κ3) is 1.26. The molecule has 2 aliphatic rings. The van der Waals surface area contributed by atoms with E-state index in [1.54, 1.807) is 0 Å². The van der Waals surface area contributed by atoms with E-state index in [0.717, 1.165) is 19.4 Å². The van der Waals surface area contributed by atoms with Crippen molar-refractivity contribution in [2.45, 2.75) is 38.0 Å². The molecular formula is C9H17NO2. The van der Waals surface area contributed by atoms with E-state index in [2.05, 4.69) is 11.8 Å². The van der Waals surface area contributed by atoms with Crippen molar-refractivity contribution in [1.29, 1.82) is 0 Å². The lowest BCUT2D eigenvalue weighted by Gasteiger charge is -2.22. The zero-order valence-corrected chi connectivity index (χ0v) is 7.48. The molecule has 4 atom stereocenters. The Hall–Kier alpha value is -0.120. The van der Waals surface area contributed by atoms with Gasteiger partial charge in [-0.2, -0.15) is 0 Å². The Balaban J connectivity index is 1.90. The first-order chi connectivity index (χ1) is 5.74. The van der Waals surface area contributed by atoms with Crippen LogP contribution in [0.3, 0.4) is 0 Å². The zero-order chi connectivity index (χ0) is 8.72. The van der Waals surface area contributed by atoms with Crippen LogP contribution in [0.15, 0.2) is 0 Å². The smallest absolute Gasteiger partial charge is 0.0705 e. The Morgan fingerprint density at radius 3 is 2.67 bits per heavy atom. The Bertz CT molecular complexity index is 174. The van der Waals surface area contributed by atoms with Crippen molar-refractivity contribution < 1.29 is 10.2 Å². The first kappa shape index (κ1) is 8.48. The number of rotatable bonds is 2. The molecule has 2 N–H and O–H groups in total. The SMILES string of the molecule is C[C@H]1[C@H](O)CCN1C1CC1CO. The molecule has 0 aromatic rings. The van der Waals surface area contributed by atoms with Crippen molar-refractivity contribution in [1.82, 2.24) is 4.90 Å². The number of nitrogens with zero attached hydrogens (tertiary/aromatic N) is 1. The lowest BCUT2D eigenvalue weighted by Crippen LogP contribution is -2.35. The summed E-state index contributed by atoms with van der Waals surface area (Å²) in [6.07, 6.45) is 1.87. The van der Waals surface area contributed by atoms with Crippen molar-refractivity contribution in [3.8, 4) is 0 Å². The van der Waals surface area contributed by atoms with Crippen molar-refractivity contribution in [2.24, 2.45) is 5.92 Å². The van der Waals surface area contributed by atoms with Gasteiger partial charge in [0.2, 0.25) is 0 Å². The Labute approximate surface area is 73.0 Å². The molecule has 2 rings (SSSR count). The quantitative estimate of drug-likeness (QED) is 0.606. The highest BCUT2D eigenvalue weighted by Gasteiger charge is 2.46. The molecule has 1 aliphatic heterocycles. The van der Waals surface area contributed by atoms with Crippen LogP contribution in [0.5, 0.6) is 0 Å². The minimum absolute atomic E-state index is 0.148. The molecule has 3 nitrogen and oxygen atoms in total. The lowest BCUT2D eigenvalue weighted by atomic mass is 10.2. The molecule has 0 aromatic carbocycles. The maximum Gasteiger partial charge on any atom is 0.0705 e. The summed E-state index contributed by atoms with van der Waals surface area (Å²) in [7, 11) is 0. The van der Waals surface area contributed by atoms with E-state index in [1.165, 1.54) is 0 Å². The van der Waals surface area contributed by atoms with Crippen molar-refractivity contribution >= 4 is 0 Å². The fraction of sp³-hybridized carbons (Fsp3) is 1.00. The van der Waals surface area contributed by atoms with Gasteiger partial charge in [-0.3, -0.25) is 4.90 Å². The van der Waals surface area contributed by atoms with E-state index in [1.807, 2.05) is 0 Å². The molecule has 0 spiro atoms. The van der Waals surface area contributed by atoms with E-state index >= 15 is 0 Å². The number of likely N-dealkylation sites (tertiary alicyclic amines) is 1. The Kier molecular flexibility index (Phi) is 2.10. The maximum atomic E-state index is 9.50. The maximum absolute atomic E-state index is 9.50. The molecule has 70 valence electrons. The van der Waals surface area contributed by atoms with Gasteiger partial charge in [-0.15, -0.1) is 0 Å². The first-order valence-electron chi connectivity index (χ1n) is 4.78. The predicted molar refractivity (Wildman–Crippen MR) is 45.8 cm³/mol. The molecule has 1 saturated heterocycles. The Morgan fingerprint density at radius 2 is 2.25 bits per heavy atom. The predicted octanol–water partition coefficient (Wildman–Crippen LogP) is -0.178. The number of hydrogen-bond donors (Lipinski definition) is 2. The molecule has 3 heteroatoms. The van der Waals surface area contributed by atoms with Crippen LogP contribution in [0.25, 0.3) is 0 Å². The summed E-state index contributed by atoms with van der Waals surface area (Å²) in [5, 5.41) is 18.4. The van der Waals surface area contributed by atoms with Gasteiger partial charge in [-0.25, -0.2) is 0 Å². The second-order valence-corrected chi connectivity index (χ2v) is 4.08. The molecule has 1 saturated carbocycles. The summed E-state index contributed by atoms with van der Waals surface area (Å²) in [4.78, 5) is 2.34. The van der Waals surface area contributed by atoms with E-state index in [4.69, 9.17) is 5.11 Å². The largest absolute Gasteiger partial charge is 0.396 e. The third-order valence-electron chi connectivity index (χ3n) is 3.31. The fourth-order valence-electron chi connectivity index (χ4n) is 2.25. The van der Waals surface area contributed by atoms with E-state index < -0.39 is 0 Å². The summed E-state index contributed by atoms with van der Waals surface area (Å²) < 4.78 is 0. The van der Waals surface area contributed by atoms with Crippen LogP contribution in [0, 0.1) is 5.92 Å². The normalized spacial score (nSPS) is 48.2. The Morgan fingerprint density at radius 1 is 1.50 bits per heavy atom. The van der Waals surface area contributed by atoms with Crippen LogP contribution in [0.2, 0.25) is 0 Å². The average Bonchev–Trinajstić information content (AvgIpc) is 2.77. The first-order valence-corrected chi connectivity index (χ1v) is 4.78. The van der Waals surface area contributed by atoms with E-state index in [-0.39, 0.29) is 6.10 Å². The number of aliphatic hydroxyl groups excluding tert-OH is 2. The number of hydrogen-bond acceptors (Lipinski definition) is 3. The highest BCUT2D eigenvalue weighted by atomic mass is 16.3. The van der Waals surface area contributed by atoms with Crippen molar-refractivity contribution in [3.63, 3.8) is 0 Å². The van der Waals surface area contributed by atoms with Crippen LogP contribution in [-0.2, 0) is 0 Å². The van der Waals surface area contributed by atoms with Gasteiger partial charge >= 0.3 is 0 Å². The second-order valence-electron chi connectivity index (χ2n) is 4.08. The van der Waals surface area contributed by atoms with Gasteiger partial charge in [0.15, 0.2) is 0 Å². The summed E-state index contributed by atoms with van der Waals surface area (Å²) in [5.41, 5.74) is 0. The van der Waals surface area contributed by atoms with Crippen LogP contribution in [-0.4, -0.2) is 46.5 Å². The van der Waals surface area contributed by atoms with Crippen molar-refractivity contribution in [2.75, 3.05) is 13.2 Å². The van der Waals surface area contributed by atoms with Crippen molar-refractivity contribution in [3.05, 3.63) is 0 Å². The van der Waals surface area contributed by atoms with Gasteiger partial charge < -0.3 is 10.2 Å². The summed E-state index contributed by atoms with van der Waals surface area (Å²) in [6, 6.07) is 0.855. The molecule has 1 aliphatic carbocycles. The van der Waals surface area contributed by atoms with Crippen LogP contribution in [0.4, 0.5) is 0 Å². The molecule has 0 radical (unpaired) electrons. The minimum atomic E-state index is -0.148. The van der Waals surface area contributed by atoms with Gasteiger partial charge in [0, 0.05) is 25.2 Å². The van der Waals surface area contributed by atoms with Crippen LogP contribution >= 0.6 is 0 Å². The monoisotopic (exact) mass is 171 g/mol. The second kappa shape index (κ2) is 2.98. The van der Waals surface area contributed by atoms with Crippen LogP contribution < -0.4 is 0 Å². The molecular weight excluding hydrogens is 154 g/mol. The van der Waals surface area contributed by atoms with Gasteiger partial charge in [-0.1, -0.05) is 0 Å². The minimum Gasteiger partial charge on any atom is -0.396 e. The molecule has 0 amide bonds. The van der Waals surface area contributed by atoms with E-state index in [9.17, 15) is 5.11 Å². The molecule has 12 heavy (non-hydrogen) atoms. The third-order valence-corrected chi connectivity index (χ3v) is 3.31. The van der Waals surface area contributed by atoms with Gasteiger partial charge in [-0.05, 0) is 25.7 Å². The van der Waals surface area contributed by atoms with E-state index in [0.29, 0.717) is 24.6 Å². The standard InChI is InChI=1S/C9H17NO2/c1-6-9(12)2-3-10(6)8-4-7(8)5-11/h6-9,11-12H,2-5H2,1H3/t6-,7?,8?,9+/m0/s1. The average molecular weight is 171 g/mol. The van der Waals surface area contributed by atoms with Crippen LogP contribution in [0.1, 0.15) is 19.8 Å². The fourth-order valence-corrected chi connectivity index (χ4v) is 2.25. The number of aliphatic hydroxyl groups is 2. The summed E-state index contributed by atoms with van der Waals surface area (Å²) in [6.45, 7) is 3.39. The molecule has 1 heterocycles. The summed E-state index contributed by atoms with van der Waals surface area (Å²) >= 11 is 0.